The van der Waals surface area contributed by atoms with Crippen LogP contribution in [0.25, 0.3) is 0 Å². The van der Waals surface area contributed by atoms with Gasteiger partial charge in [0.1, 0.15) is 6.04 Å². The predicted octanol–water partition coefficient (Wildman–Crippen LogP) is 2.61. The molecule has 2 N–H and O–H groups in total. The highest BCUT2D eigenvalue weighted by molar-refractivity contribution is 5.82. The number of urea groups is 1. The van der Waals surface area contributed by atoms with Crippen molar-refractivity contribution in [2.75, 3.05) is 13.1 Å². The first-order valence-corrected chi connectivity index (χ1v) is 7.96. The van der Waals surface area contributed by atoms with E-state index in [0.717, 1.165) is 25.2 Å². The molecule has 2 amide bonds. The van der Waals surface area contributed by atoms with Gasteiger partial charge in [-0.1, -0.05) is 25.7 Å². The lowest BCUT2D eigenvalue weighted by Gasteiger charge is -2.32. The summed E-state index contributed by atoms with van der Waals surface area (Å²) in [5.74, 6) is -0.0422. The highest BCUT2D eigenvalue weighted by Gasteiger charge is 2.31. The molecule has 0 bridgehead atoms. The minimum absolute atomic E-state index is 0.205. The number of nitrogens with one attached hydrogen (secondary N) is 1. The fourth-order valence-electron chi connectivity index (χ4n) is 3.42. The first-order chi connectivity index (χ1) is 9.68. The average molecular weight is 282 g/mol. The molecule has 1 unspecified atom stereocenters. The Morgan fingerprint density at radius 1 is 1.10 bits per heavy atom. The molecule has 1 aliphatic carbocycles. The molecule has 2 fully saturated rings. The van der Waals surface area contributed by atoms with Crippen LogP contribution < -0.4 is 5.32 Å². The van der Waals surface area contributed by atoms with E-state index in [1.54, 1.807) is 0 Å². The van der Waals surface area contributed by atoms with Gasteiger partial charge in [-0.25, -0.2) is 9.59 Å². The maximum atomic E-state index is 12.1. The summed E-state index contributed by atoms with van der Waals surface area (Å²) in [6.45, 7) is 1.23. The molecule has 5 nitrogen and oxygen atoms in total. The van der Waals surface area contributed by atoms with Gasteiger partial charge in [0, 0.05) is 13.1 Å². The number of carbonyl (C=O) groups excluding carboxylic acids is 1. The molecule has 114 valence electrons. The lowest BCUT2D eigenvalue weighted by Crippen LogP contribution is -2.52. The molecule has 1 aliphatic heterocycles. The minimum atomic E-state index is -0.884. The Hall–Kier alpha value is -1.26. The number of likely N-dealkylation sites (tertiary alicyclic amines) is 1. The fourth-order valence-corrected chi connectivity index (χ4v) is 3.42. The van der Waals surface area contributed by atoms with Gasteiger partial charge in [0.05, 0.1) is 0 Å². The number of rotatable bonds is 5. The van der Waals surface area contributed by atoms with E-state index in [1.807, 2.05) is 0 Å². The zero-order valence-corrected chi connectivity index (χ0v) is 12.1. The number of piperidine rings is 1. The fraction of sp³-hybridized carbons (Fsp3) is 0.867. The number of hydrogen-bond donors (Lipinski definition) is 2. The predicted molar refractivity (Wildman–Crippen MR) is 76.6 cm³/mol. The van der Waals surface area contributed by atoms with E-state index in [2.05, 4.69) is 5.32 Å². The van der Waals surface area contributed by atoms with Crippen molar-refractivity contribution in [3.8, 4) is 0 Å². The standard InChI is InChI=1S/C15H26N2O3/c18-14(19)13-9-3-4-11-17(13)15(20)16-10-5-8-12-6-1-2-7-12/h12-13H,1-11H2,(H,16,20)(H,18,19). The number of carboxylic acids is 1. The first kappa shape index (κ1) is 15.1. The summed E-state index contributed by atoms with van der Waals surface area (Å²) >= 11 is 0. The van der Waals surface area contributed by atoms with E-state index in [9.17, 15) is 9.59 Å². The maximum absolute atomic E-state index is 12.1. The quantitative estimate of drug-likeness (QED) is 0.761. The van der Waals surface area contributed by atoms with Gasteiger partial charge < -0.3 is 15.3 Å². The second kappa shape index (κ2) is 7.50. The molecule has 1 heterocycles. The van der Waals surface area contributed by atoms with Crippen LogP contribution in [0.15, 0.2) is 0 Å². The average Bonchev–Trinajstić information content (AvgIpc) is 2.96. The van der Waals surface area contributed by atoms with Crippen molar-refractivity contribution in [3.05, 3.63) is 0 Å². The Morgan fingerprint density at radius 2 is 1.80 bits per heavy atom. The van der Waals surface area contributed by atoms with Crippen molar-refractivity contribution < 1.29 is 14.7 Å². The van der Waals surface area contributed by atoms with Crippen LogP contribution in [-0.2, 0) is 4.79 Å². The third-order valence-electron chi connectivity index (χ3n) is 4.59. The molecule has 0 spiro atoms. The van der Waals surface area contributed by atoms with E-state index in [0.29, 0.717) is 19.5 Å². The molecule has 2 aliphatic rings. The molecule has 1 atom stereocenters. The van der Waals surface area contributed by atoms with Gasteiger partial charge in [-0.2, -0.15) is 0 Å². The van der Waals surface area contributed by atoms with Crippen molar-refractivity contribution in [2.45, 2.75) is 63.8 Å². The van der Waals surface area contributed by atoms with Gasteiger partial charge in [0.15, 0.2) is 0 Å². The van der Waals surface area contributed by atoms with Gasteiger partial charge in [-0.3, -0.25) is 0 Å². The first-order valence-electron chi connectivity index (χ1n) is 7.96. The summed E-state index contributed by atoms with van der Waals surface area (Å²) in [4.78, 5) is 24.7. The molecular formula is C15H26N2O3. The van der Waals surface area contributed by atoms with Crippen LogP contribution in [-0.4, -0.2) is 41.1 Å². The Bertz CT molecular complexity index is 340. The van der Waals surface area contributed by atoms with E-state index < -0.39 is 12.0 Å². The molecule has 0 aromatic carbocycles. The van der Waals surface area contributed by atoms with E-state index in [4.69, 9.17) is 5.11 Å². The van der Waals surface area contributed by atoms with Crippen LogP contribution in [0.3, 0.4) is 0 Å². The van der Waals surface area contributed by atoms with Crippen LogP contribution >= 0.6 is 0 Å². The highest BCUT2D eigenvalue weighted by atomic mass is 16.4. The highest BCUT2D eigenvalue weighted by Crippen LogP contribution is 2.28. The lowest BCUT2D eigenvalue weighted by atomic mass is 10.0. The Balaban J connectivity index is 1.68. The topological polar surface area (TPSA) is 69.6 Å². The summed E-state index contributed by atoms with van der Waals surface area (Å²) in [5.41, 5.74) is 0. The zero-order chi connectivity index (χ0) is 14.4. The molecule has 0 aromatic heterocycles. The van der Waals surface area contributed by atoms with Crippen molar-refractivity contribution >= 4 is 12.0 Å². The summed E-state index contributed by atoms with van der Waals surface area (Å²) < 4.78 is 0. The number of carboxylic acid groups (broad SMARTS) is 1. The van der Waals surface area contributed by atoms with Crippen LogP contribution in [0, 0.1) is 5.92 Å². The molecule has 0 radical (unpaired) electrons. The van der Waals surface area contributed by atoms with Crippen molar-refractivity contribution in [3.63, 3.8) is 0 Å². The van der Waals surface area contributed by atoms with Crippen molar-refractivity contribution in [1.82, 2.24) is 10.2 Å². The largest absolute Gasteiger partial charge is 0.480 e. The molecule has 0 aromatic rings. The number of hydrogen-bond acceptors (Lipinski definition) is 2. The number of amides is 2. The third-order valence-corrected chi connectivity index (χ3v) is 4.59. The number of carbonyl (C=O) groups is 2. The van der Waals surface area contributed by atoms with Gasteiger partial charge >= 0.3 is 12.0 Å². The maximum Gasteiger partial charge on any atom is 0.326 e. The van der Waals surface area contributed by atoms with Gasteiger partial charge in [-0.05, 0) is 38.0 Å². The van der Waals surface area contributed by atoms with Crippen LogP contribution in [0.4, 0.5) is 4.79 Å². The van der Waals surface area contributed by atoms with E-state index in [1.165, 1.54) is 37.0 Å². The van der Waals surface area contributed by atoms with Crippen molar-refractivity contribution in [2.24, 2.45) is 5.92 Å². The monoisotopic (exact) mass is 282 g/mol. The third kappa shape index (κ3) is 4.12. The molecular weight excluding hydrogens is 256 g/mol. The summed E-state index contributed by atoms with van der Waals surface area (Å²) in [6, 6.07) is -0.845. The van der Waals surface area contributed by atoms with Crippen molar-refractivity contribution in [1.29, 1.82) is 0 Å². The van der Waals surface area contributed by atoms with Crippen LogP contribution in [0.2, 0.25) is 0 Å². The smallest absolute Gasteiger partial charge is 0.326 e. The Kier molecular flexibility index (Phi) is 5.68. The van der Waals surface area contributed by atoms with Crippen LogP contribution in [0.1, 0.15) is 57.8 Å². The normalized spacial score (nSPS) is 23.8. The second-order valence-electron chi connectivity index (χ2n) is 6.07. The Morgan fingerprint density at radius 3 is 2.50 bits per heavy atom. The number of nitrogens with zero attached hydrogens (tertiary/aromatic N) is 1. The lowest BCUT2D eigenvalue weighted by molar-refractivity contribution is -0.143. The minimum Gasteiger partial charge on any atom is -0.480 e. The molecule has 5 heteroatoms. The van der Waals surface area contributed by atoms with Gasteiger partial charge in [0.2, 0.25) is 0 Å². The summed E-state index contributed by atoms with van der Waals surface area (Å²) in [7, 11) is 0. The van der Waals surface area contributed by atoms with E-state index in [-0.39, 0.29) is 6.03 Å². The van der Waals surface area contributed by atoms with Gasteiger partial charge in [0.25, 0.3) is 0 Å². The second-order valence-corrected chi connectivity index (χ2v) is 6.07. The van der Waals surface area contributed by atoms with E-state index >= 15 is 0 Å². The molecule has 2 rings (SSSR count). The molecule has 1 saturated carbocycles. The summed E-state index contributed by atoms with van der Waals surface area (Å²) in [5, 5.41) is 12.0. The zero-order valence-electron chi connectivity index (χ0n) is 12.1. The summed E-state index contributed by atoms with van der Waals surface area (Å²) in [6.07, 6.45) is 9.93. The SMILES string of the molecule is O=C(O)C1CCCCN1C(=O)NCCCC1CCCC1. The molecule has 1 saturated heterocycles. The number of aliphatic carboxylic acids is 1. The molecule has 20 heavy (non-hydrogen) atoms. The Labute approximate surface area is 120 Å². The van der Waals surface area contributed by atoms with Crippen LogP contribution in [0.5, 0.6) is 0 Å². The van der Waals surface area contributed by atoms with Gasteiger partial charge in [-0.15, -0.1) is 0 Å².